The van der Waals surface area contributed by atoms with Gasteiger partial charge in [-0.15, -0.1) is 5.92 Å². The zero-order chi connectivity index (χ0) is 24.2. The lowest BCUT2D eigenvalue weighted by Gasteiger charge is -2.10. The number of rotatable bonds is 7. The second kappa shape index (κ2) is 9.79. The molecule has 0 unspecified atom stereocenters. The zero-order valence-corrected chi connectivity index (χ0v) is 19.5. The molecule has 1 heterocycles. The minimum absolute atomic E-state index is 0.233. The number of carboxylic acid groups (broad SMARTS) is 1. The first-order valence-electron chi connectivity index (χ1n) is 11.7. The largest absolute Gasteiger partial charge is 0.493 e. The number of para-hydroxylation sites is 1. The van der Waals surface area contributed by atoms with E-state index in [1.54, 1.807) is 0 Å². The molecule has 172 valence electrons. The summed E-state index contributed by atoms with van der Waals surface area (Å²) in [6, 6.07) is 28.1. The molecule has 0 atom stereocenters. The number of fused-ring (bicyclic) bond motifs is 2. The molecule has 0 spiro atoms. The van der Waals surface area contributed by atoms with E-state index in [-0.39, 0.29) is 5.69 Å². The van der Waals surface area contributed by atoms with E-state index in [0.29, 0.717) is 19.4 Å². The van der Waals surface area contributed by atoms with E-state index in [1.165, 1.54) is 0 Å². The third-order valence-electron chi connectivity index (χ3n) is 6.21. The highest BCUT2D eigenvalue weighted by molar-refractivity contribution is 6.03. The van der Waals surface area contributed by atoms with Crippen LogP contribution < -0.4 is 4.74 Å². The van der Waals surface area contributed by atoms with Gasteiger partial charge in [0.1, 0.15) is 11.4 Å². The number of hydrogen-bond donors (Lipinski definition) is 2. The number of aryl methyl sites for hydroxylation is 1. The first kappa shape index (κ1) is 22.3. The van der Waals surface area contributed by atoms with Crippen LogP contribution in [0.1, 0.15) is 35.0 Å². The van der Waals surface area contributed by atoms with Gasteiger partial charge in [0.15, 0.2) is 0 Å². The molecule has 4 nitrogen and oxygen atoms in total. The summed E-state index contributed by atoms with van der Waals surface area (Å²) in [5.41, 5.74) is 4.70. The van der Waals surface area contributed by atoms with Gasteiger partial charge in [0.05, 0.1) is 12.1 Å². The minimum Gasteiger partial charge on any atom is -0.493 e. The second-order valence-corrected chi connectivity index (χ2v) is 8.36. The van der Waals surface area contributed by atoms with Gasteiger partial charge in [-0.05, 0) is 48.4 Å². The summed E-state index contributed by atoms with van der Waals surface area (Å²) in [5.74, 6) is 6.01. The van der Waals surface area contributed by atoms with Crippen LogP contribution in [0, 0.1) is 11.8 Å². The summed E-state index contributed by atoms with van der Waals surface area (Å²) >= 11 is 0. The molecule has 0 fully saturated rings. The van der Waals surface area contributed by atoms with Crippen molar-refractivity contribution in [1.82, 2.24) is 4.98 Å². The predicted molar refractivity (Wildman–Crippen MR) is 141 cm³/mol. The van der Waals surface area contributed by atoms with Gasteiger partial charge < -0.3 is 14.8 Å². The van der Waals surface area contributed by atoms with Crippen molar-refractivity contribution in [3.63, 3.8) is 0 Å². The molecule has 0 aliphatic heterocycles. The van der Waals surface area contributed by atoms with Crippen molar-refractivity contribution in [3.8, 4) is 28.7 Å². The number of ether oxygens (including phenoxy) is 1. The third-order valence-corrected chi connectivity index (χ3v) is 6.21. The van der Waals surface area contributed by atoms with Crippen molar-refractivity contribution >= 4 is 27.6 Å². The Morgan fingerprint density at radius 3 is 2.46 bits per heavy atom. The molecular weight excluding hydrogens is 434 g/mol. The van der Waals surface area contributed by atoms with Crippen LogP contribution in [0.5, 0.6) is 5.75 Å². The lowest BCUT2D eigenvalue weighted by atomic mass is 9.96. The highest BCUT2D eigenvalue weighted by atomic mass is 16.5. The fraction of sp³-hybridized carbons (Fsp3) is 0.129. The van der Waals surface area contributed by atoms with Crippen LogP contribution in [0.3, 0.4) is 0 Å². The summed E-state index contributed by atoms with van der Waals surface area (Å²) in [5, 5.41) is 13.1. The van der Waals surface area contributed by atoms with E-state index in [9.17, 15) is 9.90 Å². The fourth-order valence-corrected chi connectivity index (χ4v) is 4.65. The molecule has 5 aromatic rings. The van der Waals surface area contributed by atoms with Crippen LogP contribution in [-0.2, 0) is 6.42 Å². The molecule has 1 aromatic heterocycles. The van der Waals surface area contributed by atoms with Crippen LogP contribution in [0.25, 0.3) is 32.8 Å². The SMILES string of the molecule is CC#Cc1ccccc1-c1cccc2c(CCCOc3cccc4ccccc34)c(C(=O)O)[nH]c12. The summed E-state index contributed by atoms with van der Waals surface area (Å²) in [7, 11) is 0. The monoisotopic (exact) mass is 459 g/mol. The van der Waals surface area contributed by atoms with E-state index < -0.39 is 5.97 Å². The summed E-state index contributed by atoms with van der Waals surface area (Å²) in [6.07, 6.45) is 1.28. The highest BCUT2D eigenvalue weighted by Crippen LogP contribution is 2.34. The van der Waals surface area contributed by atoms with Crippen molar-refractivity contribution in [2.45, 2.75) is 19.8 Å². The summed E-state index contributed by atoms with van der Waals surface area (Å²) in [6.45, 7) is 2.31. The van der Waals surface area contributed by atoms with Crippen molar-refractivity contribution in [2.75, 3.05) is 6.61 Å². The van der Waals surface area contributed by atoms with E-state index in [1.807, 2.05) is 73.7 Å². The Hall–Kier alpha value is -4.49. The normalized spacial score (nSPS) is 10.8. The van der Waals surface area contributed by atoms with Gasteiger partial charge in [0.25, 0.3) is 0 Å². The van der Waals surface area contributed by atoms with Crippen LogP contribution in [0.2, 0.25) is 0 Å². The lowest BCUT2D eigenvalue weighted by molar-refractivity contribution is 0.0690. The second-order valence-electron chi connectivity index (χ2n) is 8.36. The molecule has 0 radical (unpaired) electrons. The Labute approximate surface area is 204 Å². The number of H-pyrrole nitrogens is 1. The Morgan fingerprint density at radius 2 is 1.60 bits per heavy atom. The average Bonchev–Trinajstić information content (AvgIpc) is 3.26. The van der Waals surface area contributed by atoms with Gasteiger partial charge in [0.2, 0.25) is 0 Å². The maximum atomic E-state index is 12.1. The topological polar surface area (TPSA) is 62.3 Å². The summed E-state index contributed by atoms with van der Waals surface area (Å²) < 4.78 is 6.09. The molecule has 5 rings (SSSR count). The number of carboxylic acids is 1. The van der Waals surface area contributed by atoms with Gasteiger partial charge in [-0.3, -0.25) is 0 Å². The molecule has 0 saturated carbocycles. The van der Waals surface area contributed by atoms with E-state index >= 15 is 0 Å². The Bertz CT molecular complexity index is 1600. The highest BCUT2D eigenvalue weighted by Gasteiger charge is 2.19. The maximum absolute atomic E-state index is 12.1. The first-order chi connectivity index (χ1) is 17.2. The third kappa shape index (κ3) is 4.37. The molecule has 4 heteroatoms. The molecule has 0 aliphatic rings. The van der Waals surface area contributed by atoms with Gasteiger partial charge in [-0.2, -0.15) is 0 Å². The molecule has 0 bridgehead atoms. The molecule has 35 heavy (non-hydrogen) atoms. The van der Waals surface area contributed by atoms with E-state index in [0.717, 1.165) is 49.7 Å². The van der Waals surface area contributed by atoms with Crippen molar-refractivity contribution in [2.24, 2.45) is 0 Å². The number of hydrogen-bond acceptors (Lipinski definition) is 2. The predicted octanol–water partition coefficient (Wildman–Crippen LogP) is 7.07. The van der Waals surface area contributed by atoms with E-state index in [4.69, 9.17) is 4.74 Å². The minimum atomic E-state index is -0.959. The van der Waals surface area contributed by atoms with Crippen molar-refractivity contribution < 1.29 is 14.6 Å². The maximum Gasteiger partial charge on any atom is 0.352 e. The number of benzene rings is 4. The lowest BCUT2D eigenvalue weighted by Crippen LogP contribution is -2.04. The van der Waals surface area contributed by atoms with Crippen LogP contribution in [0.4, 0.5) is 0 Å². The Kier molecular flexibility index (Phi) is 6.24. The first-order valence-corrected chi connectivity index (χ1v) is 11.7. The Balaban J connectivity index is 1.44. The quantitative estimate of drug-likeness (QED) is 0.202. The number of aromatic carboxylic acids is 1. The van der Waals surface area contributed by atoms with Crippen LogP contribution >= 0.6 is 0 Å². The van der Waals surface area contributed by atoms with Crippen LogP contribution in [0.15, 0.2) is 84.9 Å². The fourth-order valence-electron chi connectivity index (χ4n) is 4.65. The average molecular weight is 460 g/mol. The number of aromatic nitrogens is 1. The van der Waals surface area contributed by atoms with Gasteiger partial charge in [-0.1, -0.05) is 78.7 Å². The molecule has 0 aliphatic carbocycles. The summed E-state index contributed by atoms with van der Waals surface area (Å²) in [4.78, 5) is 15.3. The zero-order valence-electron chi connectivity index (χ0n) is 19.5. The number of carbonyl (C=O) groups is 1. The van der Waals surface area contributed by atoms with Crippen LogP contribution in [-0.4, -0.2) is 22.7 Å². The smallest absolute Gasteiger partial charge is 0.352 e. The number of nitrogens with one attached hydrogen (secondary N) is 1. The van der Waals surface area contributed by atoms with Crippen molar-refractivity contribution in [3.05, 3.63) is 102 Å². The van der Waals surface area contributed by atoms with E-state index in [2.05, 4.69) is 35.0 Å². The Morgan fingerprint density at radius 1 is 0.886 bits per heavy atom. The molecular formula is C31H25NO3. The van der Waals surface area contributed by atoms with Gasteiger partial charge in [0, 0.05) is 21.9 Å². The standard InChI is InChI=1S/C31H25NO3/c1-2-10-21-11-3-5-14-23(21)25-16-8-17-26-27(30(31(33)34)32-29(25)26)18-9-20-35-28-19-7-13-22-12-4-6-15-24(22)28/h3-8,11-17,19,32H,9,18,20H2,1H3,(H,33,34). The number of aromatic amines is 1. The molecule has 4 aromatic carbocycles. The molecule has 0 amide bonds. The van der Waals surface area contributed by atoms with Gasteiger partial charge in [-0.25, -0.2) is 4.79 Å². The molecule has 0 saturated heterocycles. The van der Waals surface area contributed by atoms with Crippen molar-refractivity contribution in [1.29, 1.82) is 0 Å². The van der Waals surface area contributed by atoms with Gasteiger partial charge >= 0.3 is 5.97 Å². The molecule has 2 N–H and O–H groups in total.